The molecular formula is C27H26Cl2N2O3. The van der Waals surface area contributed by atoms with Crippen LogP contribution in [-0.2, 0) is 16.0 Å². The number of esters is 1. The minimum Gasteiger partial charge on any atom is -0.452 e. The summed E-state index contributed by atoms with van der Waals surface area (Å²) in [6, 6.07) is 13.0. The van der Waals surface area contributed by atoms with Crippen molar-refractivity contribution in [1.29, 1.82) is 0 Å². The Kier molecular flexibility index (Phi) is 6.96. The van der Waals surface area contributed by atoms with Crippen LogP contribution in [0.1, 0.15) is 60.8 Å². The van der Waals surface area contributed by atoms with Crippen LogP contribution in [0.25, 0.3) is 22.6 Å². The van der Waals surface area contributed by atoms with Gasteiger partial charge in [-0.3, -0.25) is 4.79 Å². The molecule has 7 heteroatoms. The molecule has 2 aromatic carbocycles. The van der Waals surface area contributed by atoms with Gasteiger partial charge in [0.2, 0.25) is 0 Å². The van der Waals surface area contributed by atoms with E-state index in [1.54, 1.807) is 6.07 Å². The van der Waals surface area contributed by atoms with E-state index in [1.807, 2.05) is 63.2 Å². The molecule has 0 saturated heterocycles. The first-order valence-corrected chi connectivity index (χ1v) is 11.9. The van der Waals surface area contributed by atoms with Crippen LogP contribution in [0.15, 0.2) is 42.5 Å². The van der Waals surface area contributed by atoms with Gasteiger partial charge in [-0.1, -0.05) is 47.5 Å². The molecule has 0 aliphatic heterocycles. The zero-order chi connectivity index (χ0) is 24.5. The molecule has 1 aliphatic carbocycles. The predicted octanol–water partition coefficient (Wildman–Crippen LogP) is 6.49. The number of pyridine rings is 1. The van der Waals surface area contributed by atoms with Crippen molar-refractivity contribution in [3.8, 4) is 0 Å². The Labute approximate surface area is 209 Å². The predicted molar refractivity (Wildman–Crippen MR) is 137 cm³/mol. The maximum atomic E-state index is 13.3. The van der Waals surface area contributed by atoms with E-state index in [0.29, 0.717) is 27.5 Å². The fraction of sp³-hybridized carbons (Fsp3) is 0.296. The lowest BCUT2D eigenvalue weighted by molar-refractivity contribution is -0.125. The summed E-state index contributed by atoms with van der Waals surface area (Å²) in [4.78, 5) is 30.4. The molecule has 1 heterocycles. The Morgan fingerprint density at radius 1 is 1.09 bits per heavy atom. The van der Waals surface area contributed by atoms with Crippen LogP contribution in [-0.4, -0.2) is 29.0 Å². The van der Waals surface area contributed by atoms with Gasteiger partial charge in [-0.25, -0.2) is 9.78 Å². The Morgan fingerprint density at radius 2 is 1.85 bits per heavy atom. The number of hydrogen-bond acceptors (Lipinski definition) is 4. The molecule has 0 fully saturated rings. The number of aromatic nitrogens is 1. The third-order valence-electron chi connectivity index (χ3n) is 5.51. The van der Waals surface area contributed by atoms with Crippen LogP contribution in [0.4, 0.5) is 0 Å². The Balaban J connectivity index is 1.75. The number of benzene rings is 2. The number of allylic oxidation sites excluding steroid dienone is 1. The third kappa shape index (κ3) is 5.43. The first-order chi connectivity index (χ1) is 16.1. The normalized spacial score (nSPS) is 14.7. The Morgan fingerprint density at radius 3 is 2.59 bits per heavy atom. The molecule has 0 spiro atoms. The largest absolute Gasteiger partial charge is 0.452 e. The van der Waals surface area contributed by atoms with Crippen LogP contribution in [0, 0.1) is 0 Å². The molecule has 1 aromatic heterocycles. The van der Waals surface area contributed by atoms with E-state index in [4.69, 9.17) is 32.9 Å². The highest BCUT2D eigenvalue weighted by Gasteiger charge is 2.26. The molecule has 34 heavy (non-hydrogen) atoms. The highest BCUT2D eigenvalue weighted by molar-refractivity contribution is 6.42. The molecule has 0 saturated carbocycles. The Bertz CT molecular complexity index is 1310. The van der Waals surface area contributed by atoms with E-state index in [-0.39, 0.29) is 12.5 Å². The van der Waals surface area contributed by atoms with Gasteiger partial charge in [0.25, 0.3) is 5.91 Å². The zero-order valence-corrected chi connectivity index (χ0v) is 20.9. The molecule has 0 bridgehead atoms. The average molecular weight is 497 g/mol. The van der Waals surface area contributed by atoms with Gasteiger partial charge in [-0.15, -0.1) is 0 Å². The van der Waals surface area contributed by atoms with Crippen LogP contribution < -0.4 is 5.32 Å². The number of amides is 1. The summed E-state index contributed by atoms with van der Waals surface area (Å²) in [6.07, 6.45) is 4.42. The van der Waals surface area contributed by atoms with E-state index >= 15 is 0 Å². The average Bonchev–Trinajstić information content (AvgIpc) is 2.77. The number of rotatable bonds is 4. The SMILES string of the molecule is CC(C)(C)NC(=O)COC(=O)c1c2c(nc3ccccc13)C(=Cc1ccc(Cl)c(Cl)c1)CCC2. The standard InChI is InChI=1S/C27H26Cl2N2O3/c1-27(2,3)31-23(32)15-34-26(33)24-18-8-4-5-10-22(18)30-25-17(7-6-9-19(24)25)13-16-11-12-20(28)21(29)14-16/h4-5,8,10-14H,6-7,9,15H2,1-3H3,(H,31,32). The topological polar surface area (TPSA) is 68.3 Å². The van der Waals surface area contributed by atoms with E-state index in [9.17, 15) is 9.59 Å². The number of carbonyl (C=O) groups excluding carboxylic acids is 2. The van der Waals surface area contributed by atoms with E-state index in [1.165, 1.54) is 0 Å². The van der Waals surface area contributed by atoms with Crippen molar-refractivity contribution in [1.82, 2.24) is 10.3 Å². The number of ether oxygens (including phenoxy) is 1. The van der Waals surface area contributed by atoms with Gasteiger partial charge in [-0.2, -0.15) is 0 Å². The van der Waals surface area contributed by atoms with Crippen molar-refractivity contribution in [3.63, 3.8) is 0 Å². The fourth-order valence-corrected chi connectivity index (χ4v) is 4.48. The molecule has 5 nitrogen and oxygen atoms in total. The maximum absolute atomic E-state index is 13.3. The van der Waals surface area contributed by atoms with Crippen LogP contribution in [0.2, 0.25) is 10.0 Å². The van der Waals surface area contributed by atoms with Crippen molar-refractivity contribution in [2.24, 2.45) is 0 Å². The third-order valence-corrected chi connectivity index (χ3v) is 6.25. The highest BCUT2D eigenvalue weighted by Crippen LogP contribution is 2.37. The number of fused-ring (bicyclic) bond motifs is 2. The summed E-state index contributed by atoms with van der Waals surface area (Å²) in [5.74, 6) is -0.858. The molecule has 176 valence electrons. The summed E-state index contributed by atoms with van der Waals surface area (Å²) in [5, 5.41) is 4.51. The summed E-state index contributed by atoms with van der Waals surface area (Å²) < 4.78 is 5.46. The number of hydrogen-bond donors (Lipinski definition) is 1. The quantitative estimate of drug-likeness (QED) is 0.419. The second kappa shape index (κ2) is 9.77. The lowest BCUT2D eigenvalue weighted by Crippen LogP contribution is -2.42. The molecule has 0 unspecified atom stereocenters. The van der Waals surface area contributed by atoms with Gasteiger partial charge in [0.15, 0.2) is 6.61 Å². The summed E-state index contributed by atoms with van der Waals surface area (Å²) in [6.45, 7) is 5.29. The molecule has 3 aromatic rings. The van der Waals surface area contributed by atoms with Gasteiger partial charge >= 0.3 is 5.97 Å². The molecule has 0 radical (unpaired) electrons. The molecule has 0 atom stereocenters. The van der Waals surface area contributed by atoms with Crippen molar-refractivity contribution >= 4 is 57.6 Å². The number of halogens is 2. The van der Waals surface area contributed by atoms with Gasteiger partial charge in [0, 0.05) is 10.9 Å². The van der Waals surface area contributed by atoms with Gasteiger partial charge in [0.05, 0.1) is 26.8 Å². The fourth-order valence-electron chi connectivity index (χ4n) is 4.17. The first-order valence-electron chi connectivity index (χ1n) is 11.2. The molecule has 1 N–H and O–H groups in total. The van der Waals surface area contributed by atoms with Crippen LogP contribution >= 0.6 is 23.2 Å². The number of para-hydroxylation sites is 1. The zero-order valence-electron chi connectivity index (χ0n) is 19.4. The number of carbonyl (C=O) groups is 2. The van der Waals surface area contributed by atoms with Gasteiger partial charge in [0.1, 0.15) is 0 Å². The molecule has 1 aliphatic rings. The van der Waals surface area contributed by atoms with Crippen molar-refractivity contribution in [2.75, 3.05) is 6.61 Å². The van der Waals surface area contributed by atoms with Crippen LogP contribution in [0.3, 0.4) is 0 Å². The monoisotopic (exact) mass is 496 g/mol. The van der Waals surface area contributed by atoms with E-state index < -0.39 is 11.5 Å². The molecule has 4 rings (SSSR count). The van der Waals surface area contributed by atoms with Gasteiger partial charge in [-0.05, 0) is 81.0 Å². The summed E-state index contributed by atoms with van der Waals surface area (Å²) >= 11 is 12.3. The van der Waals surface area contributed by atoms with E-state index in [0.717, 1.165) is 40.6 Å². The minimum absolute atomic E-state index is 0.340. The van der Waals surface area contributed by atoms with Crippen molar-refractivity contribution in [3.05, 3.63) is 74.9 Å². The molecular weight excluding hydrogens is 471 g/mol. The first kappa shape index (κ1) is 24.2. The summed E-state index contributed by atoms with van der Waals surface area (Å²) in [7, 11) is 0. The maximum Gasteiger partial charge on any atom is 0.339 e. The highest BCUT2D eigenvalue weighted by atomic mass is 35.5. The smallest absolute Gasteiger partial charge is 0.339 e. The van der Waals surface area contributed by atoms with Crippen molar-refractivity contribution in [2.45, 2.75) is 45.6 Å². The lowest BCUT2D eigenvalue weighted by atomic mass is 9.86. The minimum atomic E-state index is -0.519. The molecule has 1 amide bonds. The van der Waals surface area contributed by atoms with Gasteiger partial charge < -0.3 is 10.1 Å². The van der Waals surface area contributed by atoms with Crippen molar-refractivity contribution < 1.29 is 14.3 Å². The lowest BCUT2D eigenvalue weighted by Gasteiger charge is -2.23. The number of nitrogens with zero attached hydrogens (tertiary/aromatic N) is 1. The van der Waals surface area contributed by atoms with Crippen LogP contribution in [0.5, 0.6) is 0 Å². The summed E-state index contributed by atoms with van der Waals surface area (Å²) in [5.41, 5.74) is 4.33. The van der Waals surface area contributed by atoms with E-state index in [2.05, 4.69) is 5.32 Å². The second-order valence-corrected chi connectivity index (χ2v) is 10.2. The second-order valence-electron chi connectivity index (χ2n) is 9.40. The Hall–Kier alpha value is -2.89. The number of nitrogens with one attached hydrogen (secondary N) is 1.